The summed E-state index contributed by atoms with van der Waals surface area (Å²) in [6.45, 7) is 0. The van der Waals surface area contributed by atoms with E-state index in [0.717, 1.165) is 56.0 Å². The fourth-order valence-electron chi connectivity index (χ4n) is 6.54. The SMILES string of the molecule is c1ccc(-c2cc(-c3cccc(-n4c5ccccc5c5cccnc54)c3)cc(-c3ccc4c(ccc5ccccc54)c3)n2)nc1. The van der Waals surface area contributed by atoms with Crippen LogP contribution in [0.25, 0.3) is 82.9 Å². The lowest BCUT2D eigenvalue weighted by molar-refractivity contribution is 1.14. The van der Waals surface area contributed by atoms with E-state index < -0.39 is 0 Å². The summed E-state index contributed by atoms with van der Waals surface area (Å²) in [6.07, 6.45) is 3.68. The van der Waals surface area contributed by atoms with Crippen molar-refractivity contribution in [1.82, 2.24) is 19.5 Å². The van der Waals surface area contributed by atoms with Gasteiger partial charge >= 0.3 is 0 Å². The third kappa shape index (κ3) is 4.27. The lowest BCUT2D eigenvalue weighted by Gasteiger charge is -2.13. The number of pyridine rings is 3. The lowest BCUT2D eigenvalue weighted by Crippen LogP contribution is -1.96. The molecule has 9 aromatic rings. The molecule has 4 nitrogen and oxygen atoms in total. The van der Waals surface area contributed by atoms with Crippen LogP contribution in [0.1, 0.15) is 0 Å². The van der Waals surface area contributed by atoms with Gasteiger partial charge in [-0.2, -0.15) is 0 Å². The number of rotatable bonds is 4. The molecular formula is C41H26N4. The van der Waals surface area contributed by atoms with Crippen molar-refractivity contribution in [3.63, 3.8) is 0 Å². The molecule has 0 fully saturated rings. The molecule has 0 spiro atoms. The van der Waals surface area contributed by atoms with Crippen molar-refractivity contribution in [3.05, 3.63) is 158 Å². The third-order valence-corrected chi connectivity index (χ3v) is 8.66. The summed E-state index contributed by atoms with van der Waals surface area (Å²) in [4.78, 5) is 14.6. The van der Waals surface area contributed by atoms with E-state index in [4.69, 9.17) is 9.97 Å². The Morgan fingerprint density at radius 1 is 0.400 bits per heavy atom. The Kier molecular flexibility index (Phi) is 5.78. The summed E-state index contributed by atoms with van der Waals surface area (Å²) in [6, 6.07) is 51.2. The minimum Gasteiger partial charge on any atom is -0.294 e. The molecule has 4 heterocycles. The molecule has 45 heavy (non-hydrogen) atoms. The number of benzene rings is 5. The van der Waals surface area contributed by atoms with Crippen LogP contribution in [-0.2, 0) is 0 Å². The van der Waals surface area contributed by atoms with Crippen molar-refractivity contribution in [2.75, 3.05) is 0 Å². The second-order valence-electron chi connectivity index (χ2n) is 11.3. The fraction of sp³-hybridized carbons (Fsp3) is 0. The van der Waals surface area contributed by atoms with Crippen molar-refractivity contribution in [2.24, 2.45) is 0 Å². The van der Waals surface area contributed by atoms with Crippen LogP contribution in [-0.4, -0.2) is 19.5 Å². The number of para-hydroxylation sites is 1. The quantitative estimate of drug-likeness (QED) is 0.196. The molecule has 0 saturated heterocycles. The predicted octanol–water partition coefficient (Wildman–Crippen LogP) is 10.3. The van der Waals surface area contributed by atoms with Gasteiger partial charge in [0.05, 0.1) is 22.6 Å². The van der Waals surface area contributed by atoms with Crippen LogP contribution >= 0.6 is 0 Å². The van der Waals surface area contributed by atoms with Gasteiger partial charge in [0.2, 0.25) is 0 Å². The second-order valence-corrected chi connectivity index (χ2v) is 11.3. The van der Waals surface area contributed by atoms with Gasteiger partial charge in [-0.3, -0.25) is 9.55 Å². The van der Waals surface area contributed by atoms with Gasteiger partial charge in [-0.25, -0.2) is 9.97 Å². The smallest absolute Gasteiger partial charge is 0.145 e. The standard InChI is InChI=1S/C41H26N4/c1-2-12-33-27(9-1)17-18-29-23-30(19-20-34(29)33)38-25-31(26-39(44-38)37-15-5-6-21-42-37)28-10-7-11-32(24-28)45-40-16-4-3-13-35(40)36-14-8-22-43-41(36)45/h1-26H. The zero-order valence-electron chi connectivity index (χ0n) is 24.3. The number of fused-ring (bicyclic) bond motifs is 6. The van der Waals surface area contributed by atoms with Crippen LogP contribution < -0.4 is 0 Å². The van der Waals surface area contributed by atoms with E-state index in [1.807, 2.05) is 36.7 Å². The van der Waals surface area contributed by atoms with E-state index in [2.05, 4.69) is 131 Å². The molecule has 4 aromatic heterocycles. The van der Waals surface area contributed by atoms with Crippen molar-refractivity contribution >= 4 is 43.5 Å². The molecular weight excluding hydrogens is 548 g/mol. The second kappa shape index (κ2) is 10.2. The van der Waals surface area contributed by atoms with Gasteiger partial charge in [-0.15, -0.1) is 0 Å². The van der Waals surface area contributed by atoms with Gasteiger partial charge in [0.15, 0.2) is 0 Å². The monoisotopic (exact) mass is 574 g/mol. The largest absolute Gasteiger partial charge is 0.294 e. The predicted molar refractivity (Wildman–Crippen MR) is 185 cm³/mol. The number of hydrogen-bond acceptors (Lipinski definition) is 3. The first kappa shape index (κ1) is 25.4. The zero-order chi connectivity index (χ0) is 29.7. The first-order valence-electron chi connectivity index (χ1n) is 15.1. The topological polar surface area (TPSA) is 43.6 Å². The third-order valence-electron chi connectivity index (χ3n) is 8.66. The number of hydrogen-bond donors (Lipinski definition) is 0. The molecule has 9 rings (SSSR count). The molecule has 0 N–H and O–H groups in total. The van der Waals surface area contributed by atoms with Crippen molar-refractivity contribution in [1.29, 1.82) is 0 Å². The van der Waals surface area contributed by atoms with Crippen molar-refractivity contribution in [3.8, 4) is 39.5 Å². The van der Waals surface area contributed by atoms with Crippen LogP contribution in [0.2, 0.25) is 0 Å². The summed E-state index contributed by atoms with van der Waals surface area (Å²) < 4.78 is 2.25. The highest BCUT2D eigenvalue weighted by atomic mass is 15.0. The summed E-state index contributed by atoms with van der Waals surface area (Å²) in [5.74, 6) is 0. The van der Waals surface area contributed by atoms with E-state index in [1.165, 1.54) is 26.9 Å². The molecule has 0 unspecified atom stereocenters. The summed E-state index contributed by atoms with van der Waals surface area (Å²) in [7, 11) is 0. The summed E-state index contributed by atoms with van der Waals surface area (Å²) >= 11 is 0. The summed E-state index contributed by atoms with van der Waals surface area (Å²) in [5, 5.41) is 7.27. The van der Waals surface area contributed by atoms with E-state index in [9.17, 15) is 0 Å². The van der Waals surface area contributed by atoms with Gasteiger partial charge in [0.1, 0.15) is 5.65 Å². The maximum Gasteiger partial charge on any atom is 0.145 e. The normalized spacial score (nSPS) is 11.6. The van der Waals surface area contributed by atoms with Crippen LogP contribution in [0, 0.1) is 0 Å². The Balaban J connectivity index is 1.23. The van der Waals surface area contributed by atoms with Crippen LogP contribution in [0.5, 0.6) is 0 Å². The van der Waals surface area contributed by atoms with Gasteiger partial charge in [-0.1, -0.05) is 84.9 Å². The summed E-state index contributed by atoms with van der Waals surface area (Å²) in [5.41, 5.74) is 8.98. The maximum absolute atomic E-state index is 5.15. The maximum atomic E-state index is 5.15. The zero-order valence-corrected chi connectivity index (χ0v) is 24.3. The Labute approximate surface area is 259 Å². The minimum atomic E-state index is 0.839. The molecule has 0 bridgehead atoms. The highest BCUT2D eigenvalue weighted by Gasteiger charge is 2.15. The lowest BCUT2D eigenvalue weighted by atomic mass is 9.97. The van der Waals surface area contributed by atoms with E-state index >= 15 is 0 Å². The molecule has 0 aliphatic heterocycles. The van der Waals surface area contributed by atoms with E-state index in [0.29, 0.717) is 0 Å². The highest BCUT2D eigenvalue weighted by molar-refractivity contribution is 6.09. The van der Waals surface area contributed by atoms with Gasteiger partial charge in [0.25, 0.3) is 0 Å². The molecule has 0 radical (unpaired) electrons. The number of aromatic nitrogens is 4. The van der Waals surface area contributed by atoms with E-state index in [1.54, 1.807) is 0 Å². The highest BCUT2D eigenvalue weighted by Crippen LogP contribution is 2.35. The molecule has 0 saturated carbocycles. The van der Waals surface area contributed by atoms with Crippen LogP contribution in [0.15, 0.2) is 158 Å². The molecule has 4 heteroatoms. The molecule has 0 aliphatic carbocycles. The Morgan fingerprint density at radius 2 is 1.18 bits per heavy atom. The Morgan fingerprint density at radius 3 is 2.11 bits per heavy atom. The molecule has 0 aliphatic rings. The van der Waals surface area contributed by atoms with Gasteiger partial charge in [0, 0.05) is 34.4 Å². The van der Waals surface area contributed by atoms with Crippen molar-refractivity contribution in [2.45, 2.75) is 0 Å². The van der Waals surface area contributed by atoms with Gasteiger partial charge in [-0.05, 0) is 93.3 Å². The first-order chi connectivity index (χ1) is 22.3. The first-order valence-corrected chi connectivity index (χ1v) is 15.1. The molecule has 210 valence electrons. The van der Waals surface area contributed by atoms with Crippen LogP contribution in [0.3, 0.4) is 0 Å². The van der Waals surface area contributed by atoms with Crippen molar-refractivity contribution < 1.29 is 0 Å². The molecule has 0 amide bonds. The molecule has 0 atom stereocenters. The Hall–Kier alpha value is -6.13. The van der Waals surface area contributed by atoms with Crippen LogP contribution in [0.4, 0.5) is 0 Å². The average Bonchev–Trinajstić information content (AvgIpc) is 3.46. The average molecular weight is 575 g/mol. The molecule has 5 aromatic carbocycles. The Bertz CT molecular complexity index is 2490. The number of nitrogens with zero attached hydrogens (tertiary/aromatic N) is 4. The minimum absolute atomic E-state index is 0.839. The fourth-order valence-corrected chi connectivity index (χ4v) is 6.54. The van der Waals surface area contributed by atoms with Gasteiger partial charge < -0.3 is 0 Å². The van der Waals surface area contributed by atoms with E-state index in [-0.39, 0.29) is 0 Å².